The van der Waals surface area contributed by atoms with Gasteiger partial charge in [-0.3, -0.25) is 9.59 Å². The number of halogens is 1. The number of anilines is 1. The Morgan fingerprint density at radius 2 is 1.59 bits per heavy atom. The Labute approximate surface area is 202 Å². The van der Waals surface area contributed by atoms with E-state index in [0.717, 1.165) is 30.2 Å². The monoisotopic (exact) mass is 476 g/mol. The lowest BCUT2D eigenvalue weighted by molar-refractivity contribution is -0.132. The predicted molar refractivity (Wildman–Crippen MR) is 133 cm³/mol. The summed E-state index contributed by atoms with van der Waals surface area (Å²) < 4.78 is 3.03. The Morgan fingerprint density at radius 3 is 2.26 bits per heavy atom. The molecule has 0 atom stereocenters. The lowest BCUT2D eigenvalue weighted by Gasteiger charge is -2.36. The highest BCUT2D eigenvalue weighted by molar-refractivity contribution is 6.30. The number of carbonyl (C=O) groups excluding carboxylic acids is 1. The smallest absolute Gasteiger partial charge is 0.278 e. The molecule has 2 aromatic heterocycles. The van der Waals surface area contributed by atoms with Crippen molar-refractivity contribution in [3.05, 3.63) is 81.4 Å². The van der Waals surface area contributed by atoms with Gasteiger partial charge in [0.15, 0.2) is 0 Å². The van der Waals surface area contributed by atoms with Crippen LogP contribution in [-0.4, -0.2) is 56.5 Å². The fourth-order valence-electron chi connectivity index (χ4n) is 4.44. The van der Waals surface area contributed by atoms with Gasteiger partial charge in [-0.2, -0.15) is 10.2 Å². The van der Waals surface area contributed by atoms with Gasteiger partial charge in [-0.1, -0.05) is 29.8 Å². The number of aromatic nitrogens is 4. The van der Waals surface area contributed by atoms with Crippen LogP contribution >= 0.6 is 11.6 Å². The zero-order chi connectivity index (χ0) is 23.8. The van der Waals surface area contributed by atoms with E-state index in [1.165, 1.54) is 4.68 Å². The SMILES string of the molecule is Cc1nn(CC(=O)N2CCN(c3ccc(Cl)cc3)CC2)c(=O)c2c(C)n(-c3ccccc3)nc12. The average Bonchev–Trinajstić information content (AvgIpc) is 3.21. The number of aryl methyl sites for hydroxylation is 2. The van der Waals surface area contributed by atoms with Crippen LogP contribution in [0.2, 0.25) is 5.02 Å². The highest BCUT2D eigenvalue weighted by atomic mass is 35.5. The molecule has 174 valence electrons. The fourth-order valence-corrected chi connectivity index (χ4v) is 4.56. The highest BCUT2D eigenvalue weighted by Crippen LogP contribution is 2.21. The van der Waals surface area contributed by atoms with E-state index in [1.807, 2.05) is 68.4 Å². The third-order valence-electron chi connectivity index (χ3n) is 6.29. The van der Waals surface area contributed by atoms with E-state index >= 15 is 0 Å². The predicted octanol–water partition coefficient (Wildman–Crippen LogP) is 3.20. The quantitative estimate of drug-likeness (QED) is 0.452. The van der Waals surface area contributed by atoms with Crippen molar-refractivity contribution in [2.75, 3.05) is 31.1 Å². The minimum absolute atomic E-state index is 0.0908. The first-order chi connectivity index (χ1) is 16.4. The van der Waals surface area contributed by atoms with Crippen molar-refractivity contribution in [1.29, 1.82) is 0 Å². The molecule has 1 amide bonds. The summed E-state index contributed by atoms with van der Waals surface area (Å²) in [6, 6.07) is 17.4. The Balaban J connectivity index is 1.35. The molecule has 0 radical (unpaired) electrons. The van der Waals surface area contributed by atoms with Crippen molar-refractivity contribution in [2.24, 2.45) is 0 Å². The normalized spacial score (nSPS) is 14.1. The van der Waals surface area contributed by atoms with Crippen molar-refractivity contribution in [3.8, 4) is 5.69 Å². The molecule has 34 heavy (non-hydrogen) atoms. The van der Waals surface area contributed by atoms with Gasteiger partial charge in [0.2, 0.25) is 5.91 Å². The summed E-state index contributed by atoms with van der Waals surface area (Å²) in [5.74, 6) is -0.114. The maximum absolute atomic E-state index is 13.3. The molecule has 2 aromatic carbocycles. The molecule has 0 aliphatic carbocycles. The minimum Gasteiger partial charge on any atom is -0.368 e. The standard InChI is InChI=1S/C25H25ClN6O2/c1-17-24-23(18(2)32(28-24)21-6-4-3-5-7-21)25(34)31(27-17)16-22(33)30-14-12-29(13-15-30)20-10-8-19(26)9-11-20/h3-11H,12-16H2,1-2H3. The van der Waals surface area contributed by atoms with Gasteiger partial charge in [-0.05, 0) is 50.2 Å². The van der Waals surface area contributed by atoms with Crippen LogP contribution in [0, 0.1) is 13.8 Å². The molecule has 1 fully saturated rings. The number of nitrogens with zero attached hydrogens (tertiary/aromatic N) is 6. The number of fused-ring (bicyclic) bond motifs is 1. The largest absolute Gasteiger partial charge is 0.368 e. The van der Waals surface area contributed by atoms with E-state index in [1.54, 1.807) is 9.58 Å². The third kappa shape index (κ3) is 4.05. The van der Waals surface area contributed by atoms with Crippen LogP contribution in [0.1, 0.15) is 11.4 Å². The van der Waals surface area contributed by atoms with Gasteiger partial charge in [0.05, 0.1) is 22.5 Å². The average molecular weight is 477 g/mol. The zero-order valence-electron chi connectivity index (χ0n) is 19.1. The molecule has 3 heterocycles. The number of amides is 1. The van der Waals surface area contributed by atoms with Gasteiger partial charge in [0.25, 0.3) is 5.56 Å². The molecular formula is C25H25ClN6O2. The van der Waals surface area contributed by atoms with Gasteiger partial charge >= 0.3 is 0 Å². The van der Waals surface area contributed by atoms with Gasteiger partial charge in [0, 0.05) is 36.9 Å². The highest BCUT2D eigenvalue weighted by Gasteiger charge is 2.24. The minimum atomic E-state index is -0.298. The van der Waals surface area contributed by atoms with E-state index < -0.39 is 0 Å². The lowest BCUT2D eigenvalue weighted by Crippen LogP contribution is -2.50. The van der Waals surface area contributed by atoms with E-state index in [4.69, 9.17) is 11.6 Å². The number of benzene rings is 2. The van der Waals surface area contributed by atoms with E-state index in [-0.39, 0.29) is 18.0 Å². The van der Waals surface area contributed by atoms with Gasteiger partial charge < -0.3 is 9.80 Å². The molecule has 0 unspecified atom stereocenters. The first-order valence-electron chi connectivity index (χ1n) is 11.2. The van der Waals surface area contributed by atoms with Crippen LogP contribution < -0.4 is 10.5 Å². The molecule has 4 aromatic rings. The van der Waals surface area contributed by atoms with Gasteiger partial charge in [-0.25, -0.2) is 9.36 Å². The molecule has 1 aliphatic rings. The van der Waals surface area contributed by atoms with Gasteiger partial charge in [0.1, 0.15) is 12.1 Å². The second-order valence-corrected chi connectivity index (χ2v) is 8.89. The zero-order valence-corrected chi connectivity index (χ0v) is 19.9. The molecule has 0 spiro atoms. The molecule has 0 N–H and O–H groups in total. The van der Waals surface area contributed by atoms with Crippen molar-refractivity contribution in [3.63, 3.8) is 0 Å². The van der Waals surface area contributed by atoms with Crippen LogP contribution in [0.4, 0.5) is 5.69 Å². The summed E-state index contributed by atoms with van der Waals surface area (Å²) in [7, 11) is 0. The Morgan fingerprint density at radius 1 is 0.912 bits per heavy atom. The summed E-state index contributed by atoms with van der Waals surface area (Å²) in [5.41, 5.74) is 3.57. The topological polar surface area (TPSA) is 76.3 Å². The van der Waals surface area contributed by atoms with Crippen LogP contribution in [0.5, 0.6) is 0 Å². The second-order valence-electron chi connectivity index (χ2n) is 8.45. The Bertz CT molecular complexity index is 1400. The summed E-state index contributed by atoms with van der Waals surface area (Å²) in [5, 5.41) is 10.2. The Hall–Kier alpha value is -3.65. The number of para-hydroxylation sites is 1. The molecule has 9 heteroatoms. The van der Waals surface area contributed by atoms with Crippen LogP contribution in [-0.2, 0) is 11.3 Å². The van der Waals surface area contributed by atoms with Gasteiger partial charge in [-0.15, -0.1) is 0 Å². The molecule has 5 rings (SSSR count). The van der Waals surface area contributed by atoms with Crippen LogP contribution in [0.15, 0.2) is 59.4 Å². The van der Waals surface area contributed by atoms with E-state index in [0.29, 0.717) is 34.7 Å². The summed E-state index contributed by atoms with van der Waals surface area (Å²) >= 11 is 5.98. The maximum Gasteiger partial charge on any atom is 0.278 e. The van der Waals surface area contributed by atoms with Crippen LogP contribution in [0.25, 0.3) is 16.6 Å². The summed E-state index contributed by atoms with van der Waals surface area (Å²) in [6.07, 6.45) is 0. The second kappa shape index (κ2) is 8.95. The molecular weight excluding hydrogens is 452 g/mol. The molecule has 0 saturated carbocycles. The Kier molecular flexibility index (Phi) is 5.83. The van der Waals surface area contributed by atoms with E-state index in [2.05, 4.69) is 15.1 Å². The first kappa shape index (κ1) is 22.2. The van der Waals surface area contributed by atoms with Crippen LogP contribution in [0.3, 0.4) is 0 Å². The molecule has 0 bridgehead atoms. The van der Waals surface area contributed by atoms with Crippen molar-refractivity contribution >= 4 is 34.1 Å². The lowest BCUT2D eigenvalue weighted by atomic mass is 10.2. The number of piperazine rings is 1. The number of carbonyl (C=O) groups is 1. The van der Waals surface area contributed by atoms with Crippen molar-refractivity contribution in [2.45, 2.75) is 20.4 Å². The molecule has 8 nitrogen and oxygen atoms in total. The van der Waals surface area contributed by atoms with Crippen molar-refractivity contribution in [1.82, 2.24) is 24.5 Å². The first-order valence-corrected chi connectivity index (χ1v) is 11.6. The molecule has 1 aliphatic heterocycles. The summed E-state index contributed by atoms with van der Waals surface area (Å²) in [4.78, 5) is 30.3. The number of rotatable bonds is 4. The fraction of sp³-hybridized carbons (Fsp3) is 0.280. The van der Waals surface area contributed by atoms with E-state index in [9.17, 15) is 9.59 Å². The maximum atomic E-state index is 13.3. The third-order valence-corrected chi connectivity index (χ3v) is 6.54. The number of hydrogen-bond donors (Lipinski definition) is 0. The molecule has 1 saturated heterocycles. The van der Waals surface area contributed by atoms with Crippen molar-refractivity contribution < 1.29 is 4.79 Å². The number of hydrogen-bond acceptors (Lipinski definition) is 5. The summed E-state index contributed by atoms with van der Waals surface area (Å²) in [6.45, 7) is 6.20.